The largest absolute Gasteiger partial charge is 0.489 e. The molecule has 3 fully saturated rings. The molecule has 2 atom stereocenters. The highest BCUT2D eigenvalue weighted by atomic mass is 35.5. The smallest absolute Gasteiger partial charge is 0.225 e. The number of benzene rings is 3. The number of rotatable bonds is 9. The predicted octanol–water partition coefficient (Wildman–Crippen LogP) is 5.84. The highest BCUT2D eigenvalue weighted by molar-refractivity contribution is 6.32. The van der Waals surface area contributed by atoms with Gasteiger partial charge in [0.15, 0.2) is 0 Å². The van der Waals surface area contributed by atoms with Crippen molar-refractivity contribution in [3.8, 4) is 5.75 Å². The molecule has 0 radical (unpaired) electrons. The molecule has 41 heavy (non-hydrogen) atoms. The summed E-state index contributed by atoms with van der Waals surface area (Å²) < 4.78 is 25.2. The van der Waals surface area contributed by atoms with E-state index in [1.807, 2.05) is 30.3 Å². The van der Waals surface area contributed by atoms with Crippen LogP contribution in [-0.4, -0.2) is 68.9 Å². The number of carbonyl (C=O) groups is 1. The minimum absolute atomic E-state index is 0.00328. The molecule has 0 saturated carbocycles. The number of halogens is 2. The maximum atomic E-state index is 13.6. The molecule has 0 bridgehead atoms. The lowest BCUT2D eigenvalue weighted by Crippen LogP contribution is -2.46. The summed E-state index contributed by atoms with van der Waals surface area (Å²) in [5.74, 6) is 0.532. The zero-order valence-electron chi connectivity index (χ0n) is 23.5. The average molecular weight is 580 g/mol. The SMILES string of the molecule is O=C(N[C@@H](Cc1ccc(OC2CCOCC2)c(Cl)c1)CN1CCCC1)[C@@H]1CCN(c2ccc3cc(F)ccc3c2)C1. The van der Waals surface area contributed by atoms with Crippen LogP contribution in [0.5, 0.6) is 5.75 Å². The van der Waals surface area contributed by atoms with Crippen molar-refractivity contribution in [2.45, 2.75) is 50.7 Å². The third-order valence-electron chi connectivity index (χ3n) is 8.67. The molecule has 3 aliphatic heterocycles. The number of nitrogens with one attached hydrogen (secondary N) is 1. The van der Waals surface area contributed by atoms with Crippen LogP contribution >= 0.6 is 11.6 Å². The van der Waals surface area contributed by atoms with Gasteiger partial charge in [0.25, 0.3) is 0 Å². The molecular weight excluding hydrogens is 541 g/mol. The van der Waals surface area contributed by atoms with Crippen LogP contribution in [0.25, 0.3) is 10.8 Å². The van der Waals surface area contributed by atoms with E-state index in [9.17, 15) is 9.18 Å². The highest BCUT2D eigenvalue weighted by Gasteiger charge is 2.31. The van der Waals surface area contributed by atoms with E-state index in [1.54, 1.807) is 6.07 Å². The Labute approximate surface area is 246 Å². The van der Waals surface area contributed by atoms with Crippen molar-refractivity contribution in [2.24, 2.45) is 5.92 Å². The van der Waals surface area contributed by atoms with E-state index in [0.717, 1.165) is 87.1 Å². The van der Waals surface area contributed by atoms with Gasteiger partial charge in [-0.2, -0.15) is 0 Å². The Bertz CT molecular complexity index is 1360. The quantitative estimate of drug-likeness (QED) is 0.345. The van der Waals surface area contributed by atoms with Crippen LogP contribution in [0.2, 0.25) is 5.02 Å². The van der Waals surface area contributed by atoms with Crippen molar-refractivity contribution in [1.29, 1.82) is 0 Å². The Kier molecular flexibility index (Phi) is 8.94. The summed E-state index contributed by atoms with van der Waals surface area (Å²) in [4.78, 5) is 18.3. The molecule has 3 heterocycles. The first-order valence-corrected chi connectivity index (χ1v) is 15.4. The van der Waals surface area contributed by atoms with Gasteiger partial charge in [0.05, 0.1) is 24.2 Å². The molecule has 1 amide bonds. The molecule has 6 nitrogen and oxygen atoms in total. The Balaban J connectivity index is 1.09. The number of fused-ring (bicyclic) bond motifs is 1. The van der Waals surface area contributed by atoms with Gasteiger partial charge in [-0.25, -0.2) is 4.39 Å². The topological polar surface area (TPSA) is 54.0 Å². The second-order valence-electron chi connectivity index (χ2n) is 11.7. The lowest BCUT2D eigenvalue weighted by Gasteiger charge is -2.27. The lowest BCUT2D eigenvalue weighted by molar-refractivity contribution is -0.125. The summed E-state index contributed by atoms with van der Waals surface area (Å²) in [6, 6.07) is 17.0. The molecule has 8 heteroatoms. The van der Waals surface area contributed by atoms with Crippen molar-refractivity contribution in [3.05, 3.63) is 71.0 Å². The Morgan fingerprint density at radius 1 is 1.00 bits per heavy atom. The fraction of sp³-hybridized carbons (Fsp3) is 0.485. The van der Waals surface area contributed by atoms with Crippen molar-refractivity contribution in [2.75, 3.05) is 50.8 Å². The van der Waals surface area contributed by atoms with E-state index in [1.165, 1.54) is 18.9 Å². The Morgan fingerprint density at radius 3 is 2.59 bits per heavy atom. The summed E-state index contributed by atoms with van der Waals surface area (Å²) in [5.41, 5.74) is 2.17. The van der Waals surface area contributed by atoms with Crippen LogP contribution in [0.3, 0.4) is 0 Å². The second kappa shape index (κ2) is 13.0. The normalized spacial score (nSPS) is 20.9. The fourth-order valence-corrected chi connectivity index (χ4v) is 6.64. The van der Waals surface area contributed by atoms with E-state index in [4.69, 9.17) is 21.1 Å². The number of hydrogen-bond donors (Lipinski definition) is 1. The van der Waals surface area contributed by atoms with Crippen molar-refractivity contribution < 1.29 is 18.7 Å². The minimum Gasteiger partial charge on any atom is -0.489 e. The van der Waals surface area contributed by atoms with Gasteiger partial charge in [0.2, 0.25) is 5.91 Å². The van der Waals surface area contributed by atoms with E-state index in [-0.39, 0.29) is 29.8 Å². The van der Waals surface area contributed by atoms with Crippen LogP contribution in [0.15, 0.2) is 54.6 Å². The van der Waals surface area contributed by atoms with Crippen LogP contribution < -0.4 is 15.0 Å². The van der Waals surface area contributed by atoms with E-state index in [0.29, 0.717) is 17.3 Å². The van der Waals surface area contributed by atoms with E-state index in [2.05, 4.69) is 27.2 Å². The molecule has 0 spiro atoms. The molecule has 3 aromatic rings. The van der Waals surface area contributed by atoms with Gasteiger partial charge >= 0.3 is 0 Å². The van der Waals surface area contributed by atoms with Gasteiger partial charge in [-0.05, 0) is 91.5 Å². The lowest BCUT2D eigenvalue weighted by atomic mass is 10.0. The molecule has 0 aromatic heterocycles. The van der Waals surface area contributed by atoms with Gasteiger partial charge < -0.3 is 24.6 Å². The summed E-state index contributed by atoms with van der Waals surface area (Å²) in [6.07, 6.45) is 5.84. The average Bonchev–Trinajstić information content (AvgIpc) is 3.68. The number of carbonyl (C=O) groups excluding carboxylic acids is 1. The molecule has 6 rings (SSSR count). The van der Waals surface area contributed by atoms with E-state index < -0.39 is 0 Å². The molecule has 218 valence electrons. The molecule has 1 N–H and O–H groups in total. The van der Waals surface area contributed by atoms with Crippen LogP contribution in [-0.2, 0) is 16.0 Å². The number of nitrogens with zero attached hydrogens (tertiary/aromatic N) is 2. The van der Waals surface area contributed by atoms with Gasteiger partial charge in [0, 0.05) is 44.2 Å². The summed E-state index contributed by atoms with van der Waals surface area (Å²) in [6.45, 7) is 5.94. The van der Waals surface area contributed by atoms with Gasteiger partial charge in [-0.3, -0.25) is 4.79 Å². The fourth-order valence-electron chi connectivity index (χ4n) is 6.39. The van der Waals surface area contributed by atoms with Crippen LogP contribution in [0.4, 0.5) is 10.1 Å². The summed E-state index contributed by atoms with van der Waals surface area (Å²) in [7, 11) is 0. The maximum absolute atomic E-state index is 13.6. The molecule has 0 aliphatic carbocycles. The zero-order valence-corrected chi connectivity index (χ0v) is 24.3. The molecule has 3 aliphatic rings. The van der Waals surface area contributed by atoms with Crippen LogP contribution in [0.1, 0.15) is 37.7 Å². The standard InChI is InChI=1S/C33H39ClFN3O3/c34-31-18-23(3-8-32(31)41-30-10-15-40-16-11-30)17-28(22-37-12-1-2-13-37)36-33(39)26-9-14-38(21-26)29-7-5-24-19-27(35)6-4-25(24)20-29/h3-8,18-20,26,28,30H,1-2,9-17,21-22H2,(H,36,39)/t26-,28+/m1/s1. The first kappa shape index (κ1) is 28.3. The monoisotopic (exact) mass is 579 g/mol. The highest BCUT2D eigenvalue weighted by Crippen LogP contribution is 2.30. The predicted molar refractivity (Wildman–Crippen MR) is 161 cm³/mol. The van der Waals surface area contributed by atoms with E-state index >= 15 is 0 Å². The zero-order chi connectivity index (χ0) is 28.2. The maximum Gasteiger partial charge on any atom is 0.225 e. The number of anilines is 1. The van der Waals surface area contributed by atoms with Gasteiger partial charge in [0.1, 0.15) is 17.7 Å². The van der Waals surface area contributed by atoms with Crippen molar-refractivity contribution >= 4 is 34.0 Å². The summed E-state index contributed by atoms with van der Waals surface area (Å²) in [5, 5.41) is 5.91. The molecule has 0 unspecified atom stereocenters. The van der Waals surface area contributed by atoms with Crippen molar-refractivity contribution in [1.82, 2.24) is 10.2 Å². The minimum atomic E-state index is -0.229. The number of likely N-dealkylation sites (tertiary alicyclic amines) is 1. The van der Waals surface area contributed by atoms with Gasteiger partial charge in [-0.1, -0.05) is 29.8 Å². The number of ether oxygens (including phenoxy) is 2. The Morgan fingerprint density at radius 2 is 1.78 bits per heavy atom. The molecule has 3 saturated heterocycles. The third kappa shape index (κ3) is 7.14. The van der Waals surface area contributed by atoms with Crippen LogP contribution in [0, 0.1) is 11.7 Å². The first-order chi connectivity index (χ1) is 20.0. The summed E-state index contributed by atoms with van der Waals surface area (Å²) >= 11 is 6.65. The number of amides is 1. The first-order valence-electron chi connectivity index (χ1n) is 15.0. The second-order valence-corrected chi connectivity index (χ2v) is 12.1. The Hall–Kier alpha value is -2.87. The number of hydrogen-bond acceptors (Lipinski definition) is 5. The van der Waals surface area contributed by atoms with Gasteiger partial charge in [-0.15, -0.1) is 0 Å². The third-order valence-corrected chi connectivity index (χ3v) is 8.97. The molecular formula is C33H39ClFN3O3. The molecule has 3 aromatic carbocycles. The van der Waals surface area contributed by atoms with Crippen molar-refractivity contribution in [3.63, 3.8) is 0 Å².